The van der Waals surface area contributed by atoms with E-state index in [1.54, 1.807) is 0 Å². The SMILES string of the molecule is CCCC(C)C(C)(C)SC1CCCC1.O.O. The van der Waals surface area contributed by atoms with E-state index in [0.717, 1.165) is 11.2 Å². The van der Waals surface area contributed by atoms with E-state index in [-0.39, 0.29) is 11.0 Å². The molecule has 1 aliphatic carbocycles. The van der Waals surface area contributed by atoms with Crippen LogP contribution in [-0.2, 0) is 0 Å². The van der Waals surface area contributed by atoms with Gasteiger partial charge in [0.1, 0.15) is 0 Å². The standard InChI is InChI=1S/C13H26S.2H2O/c1-5-8-11(2)13(3,4)14-12-9-6-7-10-12;;/h11-12H,5-10H2,1-4H3;2*1H2. The molecule has 1 atom stereocenters. The van der Waals surface area contributed by atoms with Crippen LogP contribution in [0.3, 0.4) is 0 Å². The number of rotatable bonds is 5. The lowest BCUT2D eigenvalue weighted by Crippen LogP contribution is -2.27. The van der Waals surface area contributed by atoms with E-state index >= 15 is 0 Å². The van der Waals surface area contributed by atoms with Crippen LogP contribution in [0.1, 0.15) is 66.2 Å². The zero-order valence-electron chi connectivity index (χ0n) is 11.3. The van der Waals surface area contributed by atoms with Gasteiger partial charge in [0.25, 0.3) is 0 Å². The topological polar surface area (TPSA) is 63.0 Å². The van der Waals surface area contributed by atoms with E-state index < -0.39 is 0 Å². The Hall–Kier alpha value is 0.270. The van der Waals surface area contributed by atoms with Crippen LogP contribution in [0.4, 0.5) is 0 Å². The number of hydrogen-bond donors (Lipinski definition) is 0. The summed E-state index contributed by atoms with van der Waals surface area (Å²) in [7, 11) is 0. The molecule has 0 radical (unpaired) electrons. The molecule has 0 amide bonds. The van der Waals surface area contributed by atoms with Crippen LogP contribution in [0.25, 0.3) is 0 Å². The van der Waals surface area contributed by atoms with Gasteiger partial charge in [0.15, 0.2) is 0 Å². The third-order valence-electron chi connectivity index (χ3n) is 3.68. The first kappa shape index (κ1) is 18.6. The van der Waals surface area contributed by atoms with Gasteiger partial charge in [-0.2, -0.15) is 11.8 Å². The van der Waals surface area contributed by atoms with Crippen molar-refractivity contribution in [3.8, 4) is 0 Å². The minimum atomic E-state index is 0. The van der Waals surface area contributed by atoms with Crippen LogP contribution < -0.4 is 0 Å². The van der Waals surface area contributed by atoms with E-state index in [4.69, 9.17) is 0 Å². The van der Waals surface area contributed by atoms with Gasteiger partial charge >= 0.3 is 0 Å². The van der Waals surface area contributed by atoms with Gasteiger partial charge in [0.05, 0.1) is 0 Å². The smallest absolute Gasteiger partial charge is 0.0132 e. The first-order valence-electron chi connectivity index (χ1n) is 6.24. The number of thioether (sulfide) groups is 1. The highest BCUT2D eigenvalue weighted by Gasteiger charge is 2.30. The average molecular weight is 250 g/mol. The maximum atomic E-state index is 2.44. The molecule has 1 fully saturated rings. The maximum Gasteiger partial charge on any atom is 0.0132 e. The molecular formula is C13H30O2S. The van der Waals surface area contributed by atoms with E-state index in [2.05, 4.69) is 39.5 Å². The average Bonchev–Trinajstić information content (AvgIpc) is 2.56. The van der Waals surface area contributed by atoms with Gasteiger partial charge in [-0.05, 0) is 25.2 Å². The van der Waals surface area contributed by atoms with Crippen molar-refractivity contribution in [3.05, 3.63) is 0 Å². The predicted octanol–water partition coefficient (Wildman–Crippen LogP) is 3.23. The molecule has 0 saturated heterocycles. The quantitative estimate of drug-likeness (QED) is 0.739. The molecule has 0 aromatic carbocycles. The Labute approximate surface area is 105 Å². The van der Waals surface area contributed by atoms with Crippen molar-refractivity contribution >= 4 is 11.8 Å². The molecule has 1 unspecified atom stereocenters. The fourth-order valence-electron chi connectivity index (χ4n) is 2.33. The van der Waals surface area contributed by atoms with Crippen molar-refractivity contribution in [2.75, 3.05) is 0 Å². The van der Waals surface area contributed by atoms with Crippen molar-refractivity contribution in [2.24, 2.45) is 5.92 Å². The predicted molar refractivity (Wildman–Crippen MR) is 75.2 cm³/mol. The van der Waals surface area contributed by atoms with Crippen molar-refractivity contribution in [1.29, 1.82) is 0 Å². The Morgan fingerprint density at radius 2 is 1.69 bits per heavy atom. The summed E-state index contributed by atoms with van der Waals surface area (Å²) in [4.78, 5) is 0. The first-order valence-corrected chi connectivity index (χ1v) is 7.12. The highest BCUT2D eigenvalue weighted by Crippen LogP contribution is 2.42. The molecule has 16 heavy (non-hydrogen) atoms. The fourth-order valence-corrected chi connectivity index (χ4v) is 4.11. The molecule has 0 aliphatic heterocycles. The van der Waals surface area contributed by atoms with E-state index in [1.165, 1.54) is 38.5 Å². The lowest BCUT2D eigenvalue weighted by atomic mass is 9.93. The Morgan fingerprint density at radius 1 is 1.19 bits per heavy atom. The summed E-state index contributed by atoms with van der Waals surface area (Å²) in [6.45, 7) is 9.60. The first-order chi connectivity index (χ1) is 6.56. The van der Waals surface area contributed by atoms with Gasteiger partial charge in [0, 0.05) is 10.00 Å². The van der Waals surface area contributed by atoms with Crippen LogP contribution >= 0.6 is 11.8 Å². The van der Waals surface area contributed by atoms with E-state index in [9.17, 15) is 0 Å². The van der Waals surface area contributed by atoms with Crippen LogP contribution in [0.2, 0.25) is 0 Å². The van der Waals surface area contributed by atoms with Crippen molar-refractivity contribution in [1.82, 2.24) is 0 Å². The summed E-state index contributed by atoms with van der Waals surface area (Å²) >= 11 is 2.26. The van der Waals surface area contributed by atoms with Crippen LogP contribution in [0.5, 0.6) is 0 Å². The molecule has 3 heteroatoms. The van der Waals surface area contributed by atoms with Gasteiger partial charge in [-0.15, -0.1) is 0 Å². The van der Waals surface area contributed by atoms with Gasteiger partial charge in [-0.25, -0.2) is 0 Å². The Morgan fingerprint density at radius 3 is 2.12 bits per heavy atom. The van der Waals surface area contributed by atoms with Crippen LogP contribution in [0.15, 0.2) is 0 Å². The molecule has 0 bridgehead atoms. The van der Waals surface area contributed by atoms with Crippen molar-refractivity contribution in [2.45, 2.75) is 76.2 Å². The normalized spacial score (nSPS) is 18.8. The molecule has 100 valence electrons. The zero-order chi connectivity index (χ0) is 10.6. The van der Waals surface area contributed by atoms with E-state index in [1.807, 2.05) is 0 Å². The monoisotopic (exact) mass is 250 g/mol. The summed E-state index contributed by atoms with van der Waals surface area (Å²) < 4.78 is 0.491. The molecule has 0 heterocycles. The highest BCUT2D eigenvalue weighted by atomic mass is 32.2. The lowest BCUT2D eigenvalue weighted by Gasteiger charge is -2.33. The van der Waals surface area contributed by atoms with Gasteiger partial charge < -0.3 is 11.0 Å². The molecule has 1 aliphatic rings. The molecular weight excluding hydrogens is 220 g/mol. The van der Waals surface area contributed by atoms with Crippen LogP contribution in [-0.4, -0.2) is 20.9 Å². The third kappa shape index (κ3) is 5.55. The summed E-state index contributed by atoms with van der Waals surface area (Å²) in [5.41, 5.74) is 0. The van der Waals surface area contributed by atoms with Gasteiger partial charge in [-0.1, -0.05) is 47.0 Å². The van der Waals surface area contributed by atoms with Crippen molar-refractivity contribution in [3.63, 3.8) is 0 Å². The van der Waals surface area contributed by atoms with Crippen molar-refractivity contribution < 1.29 is 11.0 Å². The molecule has 0 aromatic rings. The third-order valence-corrected chi connectivity index (χ3v) is 5.50. The Balaban J connectivity index is 0. The van der Waals surface area contributed by atoms with Crippen LogP contribution in [0, 0.1) is 5.92 Å². The Bertz CT molecular complexity index is 165. The summed E-state index contributed by atoms with van der Waals surface area (Å²) in [5, 5.41) is 0.962. The second kappa shape index (κ2) is 8.37. The molecule has 1 saturated carbocycles. The molecule has 0 aromatic heterocycles. The minimum Gasteiger partial charge on any atom is -0.412 e. The zero-order valence-corrected chi connectivity index (χ0v) is 12.1. The molecule has 4 N–H and O–H groups in total. The molecule has 1 rings (SSSR count). The minimum absolute atomic E-state index is 0. The maximum absolute atomic E-state index is 2.44. The lowest BCUT2D eigenvalue weighted by molar-refractivity contribution is 0.424. The number of hydrogen-bond acceptors (Lipinski definition) is 1. The summed E-state index contributed by atoms with van der Waals surface area (Å²) in [6, 6.07) is 0. The fraction of sp³-hybridized carbons (Fsp3) is 1.00. The Kier molecular flexibility index (Phi) is 9.75. The van der Waals surface area contributed by atoms with Gasteiger partial charge in [-0.3, -0.25) is 0 Å². The molecule has 0 spiro atoms. The second-order valence-electron chi connectivity index (χ2n) is 5.32. The summed E-state index contributed by atoms with van der Waals surface area (Å²) in [5.74, 6) is 0.859. The largest absolute Gasteiger partial charge is 0.412 e. The highest BCUT2D eigenvalue weighted by molar-refractivity contribution is 8.01. The second-order valence-corrected chi connectivity index (χ2v) is 7.27. The van der Waals surface area contributed by atoms with Gasteiger partial charge in [0.2, 0.25) is 0 Å². The van der Waals surface area contributed by atoms with E-state index in [0.29, 0.717) is 4.75 Å². The summed E-state index contributed by atoms with van der Waals surface area (Å²) in [6.07, 6.45) is 8.58. The molecule has 2 nitrogen and oxygen atoms in total.